The number of esters is 1. The highest BCUT2D eigenvalue weighted by atomic mass is 16.5. The molecule has 0 fully saturated rings. The fourth-order valence-corrected chi connectivity index (χ4v) is 2.13. The van der Waals surface area contributed by atoms with E-state index in [1.807, 2.05) is 6.20 Å². The summed E-state index contributed by atoms with van der Waals surface area (Å²) < 4.78 is 4.61. The lowest BCUT2D eigenvalue weighted by atomic mass is 10.0. The third kappa shape index (κ3) is 3.36. The summed E-state index contributed by atoms with van der Waals surface area (Å²) in [5.74, 6) is -0.109. The van der Waals surface area contributed by atoms with Crippen LogP contribution in [-0.4, -0.2) is 18.1 Å². The molecule has 0 radical (unpaired) electrons. The number of H-pyrrole nitrogens is 1. The van der Waals surface area contributed by atoms with Gasteiger partial charge in [0.15, 0.2) is 0 Å². The third-order valence-electron chi connectivity index (χ3n) is 3.19. The summed E-state index contributed by atoms with van der Waals surface area (Å²) in [6, 6.07) is 8.61. The van der Waals surface area contributed by atoms with E-state index in [-0.39, 0.29) is 5.97 Å². The van der Waals surface area contributed by atoms with Crippen LogP contribution in [0.25, 0.3) is 10.9 Å². The second-order valence-corrected chi connectivity index (χ2v) is 4.54. The van der Waals surface area contributed by atoms with Gasteiger partial charge in [0.25, 0.3) is 0 Å². The van der Waals surface area contributed by atoms with Crippen molar-refractivity contribution in [3.63, 3.8) is 0 Å². The highest BCUT2D eigenvalue weighted by molar-refractivity contribution is 5.79. The van der Waals surface area contributed by atoms with Gasteiger partial charge < -0.3 is 9.72 Å². The van der Waals surface area contributed by atoms with Crippen molar-refractivity contribution in [3.8, 4) is 0 Å². The smallest absolute Gasteiger partial charge is 0.305 e. The van der Waals surface area contributed by atoms with Crippen LogP contribution in [0.4, 0.5) is 0 Å². The number of carbonyl (C=O) groups excluding carboxylic acids is 1. The van der Waals surface area contributed by atoms with Crippen molar-refractivity contribution in [1.29, 1.82) is 0 Å². The Hall–Kier alpha value is -1.77. The van der Waals surface area contributed by atoms with Gasteiger partial charge >= 0.3 is 5.97 Å². The second kappa shape index (κ2) is 6.24. The lowest BCUT2D eigenvalue weighted by Gasteiger charge is -2.02. The molecule has 0 saturated heterocycles. The topological polar surface area (TPSA) is 42.1 Å². The van der Waals surface area contributed by atoms with Crippen LogP contribution in [0.1, 0.15) is 31.2 Å². The maximum Gasteiger partial charge on any atom is 0.305 e. The predicted octanol–water partition coefficient (Wildman–Crippen LogP) is 3.44. The number of methoxy groups -OCH3 is 1. The largest absolute Gasteiger partial charge is 0.469 e. The minimum Gasteiger partial charge on any atom is -0.469 e. The molecule has 0 atom stereocenters. The summed E-state index contributed by atoms with van der Waals surface area (Å²) in [5, 5.41) is 1.25. The van der Waals surface area contributed by atoms with Crippen LogP contribution in [0.2, 0.25) is 0 Å². The Labute approximate surface area is 107 Å². The van der Waals surface area contributed by atoms with E-state index >= 15 is 0 Å². The summed E-state index contributed by atoms with van der Waals surface area (Å²) in [5.41, 5.74) is 2.55. The summed E-state index contributed by atoms with van der Waals surface area (Å²) in [7, 11) is 1.44. The molecule has 1 heterocycles. The number of aromatic amines is 1. The molecule has 1 N–H and O–H groups in total. The molecule has 0 aliphatic heterocycles. The molecule has 96 valence electrons. The van der Waals surface area contributed by atoms with Gasteiger partial charge in [-0.15, -0.1) is 0 Å². The summed E-state index contributed by atoms with van der Waals surface area (Å²) in [4.78, 5) is 14.2. The lowest BCUT2D eigenvalue weighted by molar-refractivity contribution is -0.140. The van der Waals surface area contributed by atoms with E-state index in [9.17, 15) is 4.79 Å². The summed E-state index contributed by atoms with van der Waals surface area (Å²) >= 11 is 0. The number of aryl methyl sites for hydroxylation is 1. The van der Waals surface area contributed by atoms with Crippen molar-refractivity contribution in [2.75, 3.05) is 7.11 Å². The first-order valence-corrected chi connectivity index (χ1v) is 6.42. The number of unbranched alkanes of at least 4 members (excludes halogenated alkanes) is 2. The van der Waals surface area contributed by atoms with Gasteiger partial charge in [0.05, 0.1) is 7.11 Å². The number of hydrogen-bond acceptors (Lipinski definition) is 2. The molecule has 18 heavy (non-hydrogen) atoms. The fourth-order valence-electron chi connectivity index (χ4n) is 2.13. The van der Waals surface area contributed by atoms with Crippen molar-refractivity contribution in [1.82, 2.24) is 4.98 Å². The summed E-state index contributed by atoms with van der Waals surface area (Å²) in [6.45, 7) is 0. The van der Waals surface area contributed by atoms with Gasteiger partial charge in [0.2, 0.25) is 0 Å². The normalized spacial score (nSPS) is 10.7. The Morgan fingerprint density at radius 1 is 1.22 bits per heavy atom. The van der Waals surface area contributed by atoms with Crippen molar-refractivity contribution < 1.29 is 9.53 Å². The van der Waals surface area contributed by atoms with Crippen LogP contribution in [-0.2, 0) is 16.0 Å². The van der Waals surface area contributed by atoms with E-state index in [1.54, 1.807) is 0 Å². The SMILES string of the molecule is COC(=O)CCCCCc1ccc2cc[nH]c2c1. The highest BCUT2D eigenvalue weighted by Gasteiger charge is 2.00. The average molecular weight is 245 g/mol. The monoisotopic (exact) mass is 245 g/mol. The molecular weight excluding hydrogens is 226 g/mol. The number of hydrogen-bond donors (Lipinski definition) is 1. The number of rotatable bonds is 6. The molecule has 1 aromatic carbocycles. The Bertz CT molecular complexity index is 516. The van der Waals surface area contributed by atoms with Crippen molar-refractivity contribution in [3.05, 3.63) is 36.0 Å². The van der Waals surface area contributed by atoms with Crippen LogP contribution in [0.3, 0.4) is 0 Å². The molecule has 3 nitrogen and oxygen atoms in total. The predicted molar refractivity (Wildman–Crippen MR) is 72.5 cm³/mol. The molecular formula is C15H19NO2. The van der Waals surface area contributed by atoms with Crippen LogP contribution in [0.5, 0.6) is 0 Å². The molecule has 0 bridgehead atoms. The van der Waals surface area contributed by atoms with Gasteiger partial charge in [-0.2, -0.15) is 0 Å². The first-order chi connectivity index (χ1) is 8.79. The minimum atomic E-state index is -0.109. The third-order valence-corrected chi connectivity index (χ3v) is 3.19. The molecule has 1 aromatic heterocycles. The molecule has 3 heteroatoms. The van der Waals surface area contributed by atoms with E-state index in [0.29, 0.717) is 6.42 Å². The van der Waals surface area contributed by atoms with Crippen LogP contribution in [0.15, 0.2) is 30.5 Å². The van der Waals surface area contributed by atoms with Gasteiger partial charge in [-0.05, 0) is 42.3 Å². The number of carbonyl (C=O) groups is 1. The zero-order valence-corrected chi connectivity index (χ0v) is 10.7. The first kappa shape index (κ1) is 12.7. The van der Waals surface area contributed by atoms with Crippen LogP contribution >= 0.6 is 0 Å². The molecule has 2 rings (SSSR count). The minimum absolute atomic E-state index is 0.109. The quantitative estimate of drug-likeness (QED) is 0.625. The van der Waals surface area contributed by atoms with Gasteiger partial charge in [-0.3, -0.25) is 4.79 Å². The Morgan fingerprint density at radius 2 is 2.11 bits per heavy atom. The fraction of sp³-hybridized carbons (Fsp3) is 0.400. The van der Waals surface area contributed by atoms with E-state index in [1.165, 1.54) is 23.6 Å². The Balaban J connectivity index is 1.74. The van der Waals surface area contributed by atoms with Crippen molar-refractivity contribution in [2.45, 2.75) is 32.1 Å². The number of fused-ring (bicyclic) bond motifs is 1. The lowest BCUT2D eigenvalue weighted by Crippen LogP contribution is -1.99. The zero-order valence-electron chi connectivity index (χ0n) is 10.7. The van der Waals surface area contributed by atoms with Gasteiger partial charge in [0.1, 0.15) is 0 Å². The maximum atomic E-state index is 10.9. The van der Waals surface area contributed by atoms with Crippen molar-refractivity contribution in [2.24, 2.45) is 0 Å². The number of nitrogens with one attached hydrogen (secondary N) is 1. The number of aromatic nitrogens is 1. The number of benzene rings is 1. The molecule has 0 amide bonds. The zero-order chi connectivity index (χ0) is 12.8. The van der Waals surface area contributed by atoms with E-state index in [0.717, 1.165) is 25.7 Å². The second-order valence-electron chi connectivity index (χ2n) is 4.54. The molecule has 0 aliphatic rings. The Morgan fingerprint density at radius 3 is 2.94 bits per heavy atom. The molecule has 0 spiro atoms. The van der Waals surface area contributed by atoms with Crippen LogP contribution in [0, 0.1) is 0 Å². The standard InChI is InChI=1S/C15H19NO2/c1-18-15(17)6-4-2-3-5-12-7-8-13-9-10-16-14(13)11-12/h7-11,16H,2-6H2,1H3. The number of ether oxygens (including phenoxy) is 1. The molecule has 0 unspecified atom stereocenters. The van der Waals surface area contributed by atoms with Gasteiger partial charge in [-0.25, -0.2) is 0 Å². The highest BCUT2D eigenvalue weighted by Crippen LogP contribution is 2.16. The molecule has 0 aliphatic carbocycles. The average Bonchev–Trinajstić information content (AvgIpc) is 2.85. The van der Waals surface area contributed by atoms with Crippen LogP contribution < -0.4 is 0 Å². The van der Waals surface area contributed by atoms with E-state index in [2.05, 4.69) is 34.0 Å². The van der Waals surface area contributed by atoms with E-state index < -0.39 is 0 Å². The first-order valence-electron chi connectivity index (χ1n) is 6.42. The molecule has 2 aromatic rings. The van der Waals surface area contributed by atoms with Gasteiger partial charge in [-0.1, -0.05) is 18.6 Å². The summed E-state index contributed by atoms with van der Waals surface area (Å²) in [6.07, 6.45) is 6.66. The molecule has 0 saturated carbocycles. The Kier molecular flexibility index (Phi) is 4.40. The van der Waals surface area contributed by atoms with Crippen molar-refractivity contribution >= 4 is 16.9 Å². The van der Waals surface area contributed by atoms with Gasteiger partial charge in [0, 0.05) is 18.1 Å². The van der Waals surface area contributed by atoms with E-state index in [4.69, 9.17) is 0 Å². The maximum absolute atomic E-state index is 10.9.